The molecule has 24 heavy (non-hydrogen) atoms. The monoisotopic (exact) mass is 506 g/mol. The fourth-order valence-corrected chi connectivity index (χ4v) is 32.8. The Kier molecular flexibility index (Phi) is 6.35. The molecule has 144 valence electrons. The van der Waals surface area contributed by atoms with Crippen molar-refractivity contribution in [3.8, 4) is 0 Å². The van der Waals surface area contributed by atoms with Gasteiger partial charge in [-0.25, -0.2) is 0 Å². The third-order valence-corrected chi connectivity index (χ3v) is 20.5. The molecule has 0 aromatic rings. The van der Waals surface area contributed by atoms with Crippen LogP contribution in [0, 0.1) is 0 Å². The number of rotatable bonds is 0. The van der Waals surface area contributed by atoms with Gasteiger partial charge in [0.05, 0.1) is 0 Å². The van der Waals surface area contributed by atoms with Gasteiger partial charge < -0.3 is 0 Å². The van der Waals surface area contributed by atoms with Crippen molar-refractivity contribution in [1.29, 1.82) is 0 Å². The zero-order valence-corrected chi connectivity index (χ0v) is 22.7. The maximum atomic E-state index is 5.32. The van der Waals surface area contributed by atoms with Crippen LogP contribution in [-0.4, -0.2) is 62.2 Å². The van der Waals surface area contributed by atoms with Crippen molar-refractivity contribution in [1.82, 2.24) is 8.88 Å². The molecule has 1 rings (SSSR count). The van der Waals surface area contributed by atoms with Gasteiger partial charge >= 0.3 is 167 Å². The Morgan fingerprint density at radius 2 is 0.750 bits per heavy atom. The van der Waals surface area contributed by atoms with Gasteiger partial charge in [-0.05, 0) is 0 Å². The SMILES string of the molecule is CC(C)(C)N=P1([Se-])N(C(C)(C)C)P([Se-])(=NC(C)(C)C)N1C(C)(C)C. The van der Waals surface area contributed by atoms with Crippen LogP contribution in [0.3, 0.4) is 0 Å². The van der Waals surface area contributed by atoms with E-state index in [1.165, 1.54) is 0 Å². The average molecular weight is 504 g/mol. The molecule has 1 aliphatic heterocycles. The molecule has 0 aromatic carbocycles. The second-order valence-electron chi connectivity index (χ2n) is 10.5. The number of nitrogens with zero attached hydrogens (tertiary/aromatic N) is 4. The molecular weight excluding hydrogens is 468 g/mol. The van der Waals surface area contributed by atoms with Crippen molar-refractivity contribution in [2.24, 2.45) is 9.49 Å². The fourth-order valence-electron chi connectivity index (χ4n) is 2.95. The van der Waals surface area contributed by atoms with E-state index >= 15 is 0 Å². The molecule has 4 nitrogen and oxygen atoms in total. The summed E-state index contributed by atoms with van der Waals surface area (Å²) in [5.41, 5.74) is -0.218. The molecule has 8 heteroatoms. The maximum absolute atomic E-state index is 5.32. The molecule has 0 spiro atoms. The minimum absolute atomic E-state index is 0.0106. The van der Waals surface area contributed by atoms with Gasteiger partial charge in [-0.2, -0.15) is 0 Å². The van der Waals surface area contributed by atoms with Crippen molar-refractivity contribution in [3.05, 3.63) is 0 Å². The van der Waals surface area contributed by atoms with Crippen molar-refractivity contribution >= 4 is 43.2 Å². The molecule has 0 saturated carbocycles. The van der Waals surface area contributed by atoms with E-state index in [0.717, 1.165) is 0 Å². The van der Waals surface area contributed by atoms with E-state index in [9.17, 15) is 0 Å². The standard InChI is InChI=1S/C16H36N4P2Se2/c1-13(2,3)17-21(23)19(15(7,8)9)22(24,18-14(4,5)6)20(21)16(10,11)12/h1-12H3/q-2. The second-order valence-corrected chi connectivity index (χ2v) is 21.3. The minimum atomic E-state index is -1.94. The van der Waals surface area contributed by atoms with Crippen LogP contribution in [0.2, 0.25) is 0 Å². The quantitative estimate of drug-likeness (QED) is 0.298. The number of hydrogen-bond donors (Lipinski definition) is 0. The summed E-state index contributed by atoms with van der Waals surface area (Å²) in [7, 11) is 0. The normalized spacial score (nSPS) is 30.9. The Morgan fingerprint density at radius 3 is 0.875 bits per heavy atom. The predicted molar refractivity (Wildman–Crippen MR) is 113 cm³/mol. The van der Waals surface area contributed by atoms with Gasteiger partial charge in [0.15, 0.2) is 0 Å². The van der Waals surface area contributed by atoms with Crippen molar-refractivity contribution in [2.75, 3.05) is 0 Å². The first-order chi connectivity index (χ1) is 10.1. The summed E-state index contributed by atoms with van der Waals surface area (Å²) in [6, 6.07) is -3.89. The fraction of sp³-hybridized carbons (Fsp3) is 1.00. The molecular formula is C16H36N4P2Se2-2. The summed E-state index contributed by atoms with van der Waals surface area (Å²) < 4.78 is 15.8. The zero-order valence-electron chi connectivity index (χ0n) is 17.5. The molecule has 1 heterocycles. The third kappa shape index (κ3) is 4.82. The Balaban J connectivity index is 3.86. The third-order valence-electron chi connectivity index (χ3n) is 3.05. The van der Waals surface area contributed by atoms with Crippen LogP contribution in [0.1, 0.15) is 83.1 Å². The van der Waals surface area contributed by atoms with Gasteiger partial charge in [0.2, 0.25) is 0 Å². The molecule has 0 unspecified atom stereocenters. The van der Waals surface area contributed by atoms with Crippen LogP contribution in [0.25, 0.3) is 0 Å². The van der Waals surface area contributed by atoms with E-state index in [1.807, 2.05) is 0 Å². The van der Waals surface area contributed by atoms with Gasteiger partial charge in [0.25, 0.3) is 0 Å². The molecule has 1 fully saturated rings. The van der Waals surface area contributed by atoms with Crippen LogP contribution in [0.4, 0.5) is 0 Å². The molecule has 0 atom stereocenters. The van der Waals surface area contributed by atoms with Gasteiger partial charge in [-0.15, -0.1) is 0 Å². The molecule has 0 aliphatic carbocycles. The van der Waals surface area contributed by atoms with Gasteiger partial charge in [-0.1, -0.05) is 0 Å². The molecule has 1 saturated heterocycles. The van der Waals surface area contributed by atoms with Crippen molar-refractivity contribution in [3.63, 3.8) is 0 Å². The van der Waals surface area contributed by atoms with Crippen LogP contribution in [0.15, 0.2) is 9.49 Å². The zero-order chi connectivity index (χ0) is 19.6. The van der Waals surface area contributed by atoms with Crippen molar-refractivity contribution < 1.29 is 0 Å². The summed E-state index contributed by atoms with van der Waals surface area (Å²) in [5, 5.41) is 0. The van der Waals surface area contributed by atoms with Crippen LogP contribution in [-0.2, 0) is 0 Å². The Labute approximate surface area is 166 Å². The number of hydrogen-bond acceptors (Lipinski definition) is 2. The molecule has 0 amide bonds. The first-order valence-electron chi connectivity index (χ1n) is 8.46. The topological polar surface area (TPSA) is 31.2 Å². The Hall–Kier alpha value is 1.42. The van der Waals surface area contributed by atoms with E-state index in [2.05, 4.69) is 123 Å². The van der Waals surface area contributed by atoms with Gasteiger partial charge in [0, 0.05) is 0 Å². The second kappa shape index (κ2) is 6.49. The van der Waals surface area contributed by atoms with E-state index in [-0.39, 0.29) is 22.2 Å². The summed E-state index contributed by atoms with van der Waals surface area (Å²) in [6.07, 6.45) is 0. The van der Waals surface area contributed by atoms with Gasteiger partial charge in [0.1, 0.15) is 0 Å². The summed E-state index contributed by atoms with van der Waals surface area (Å²) in [4.78, 5) is 0. The summed E-state index contributed by atoms with van der Waals surface area (Å²) in [6.45, 7) is 26.8. The Morgan fingerprint density at radius 1 is 0.542 bits per heavy atom. The predicted octanol–water partition coefficient (Wildman–Crippen LogP) is 6.03. The van der Waals surface area contributed by atoms with E-state index < -0.39 is 12.1 Å². The van der Waals surface area contributed by atoms with Crippen LogP contribution in [0.5, 0.6) is 0 Å². The summed E-state index contributed by atoms with van der Waals surface area (Å²) in [5.74, 6) is 0. The van der Waals surface area contributed by atoms with E-state index in [0.29, 0.717) is 0 Å². The molecule has 1 aliphatic rings. The first kappa shape index (κ1) is 23.5. The van der Waals surface area contributed by atoms with Crippen LogP contribution < -0.4 is 0 Å². The molecule has 0 bridgehead atoms. The first-order valence-corrected chi connectivity index (χ1v) is 16.2. The molecule has 0 aromatic heterocycles. The van der Waals surface area contributed by atoms with Gasteiger partial charge in [-0.3, -0.25) is 0 Å². The van der Waals surface area contributed by atoms with Crippen LogP contribution >= 0.6 is 12.1 Å². The van der Waals surface area contributed by atoms with E-state index in [1.54, 1.807) is 0 Å². The Bertz CT molecular complexity index is 532. The molecule has 0 N–H and O–H groups in total. The van der Waals surface area contributed by atoms with E-state index in [4.69, 9.17) is 9.49 Å². The summed E-state index contributed by atoms with van der Waals surface area (Å²) >= 11 is 7.09. The average Bonchev–Trinajstić information content (AvgIpc) is 2.00. The molecule has 0 radical (unpaired) electrons. The van der Waals surface area contributed by atoms with Crippen molar-refractivity contribution in [2.45, 2.75) is 105 Å².